The predicted octanol–water partition coefficient (Wildman–Crippen LogP) is 4.59. The number of rotatable bonds is 21. The fourth-order valence-corrected chi connectivity index (χ4v) is 8.11. The number of halogens is 4. The van der Waals surface area contributed by atoms with Crippen LogP contribution < -0.4 is 41.0 Å². The number of carbonyl (C=O) groups excluding carboxylic acids is 2. The first-order chi connectivity index (χ1) is 35.3. The number of nitrogens with one attached hydrogen (secondary N) is 2. The average Bonchev–Trinajstić information content (AvgIpc) is 3.39. The molecule has 0 saturated carbocycles. The largest absolute Gasteiger partial charge is 0.496 e. The third-order valence-electron chi connectivity index (χ3n) is 11.9. The lowest BCUT2D eigenvalue weighted by molar-refractivity contribution is -0.165. The molecular formula is C50H64Cl2F2N6O14. The molecule has 10 N–H and O–H groups in total. The predicted molar refractivity (Wildman–Crippen MR) is 271 cm³/mol. The number of hydrogen-bond donors (Lipinski definition) is 8. The van der Waals surface area contributed by atoms with E-state index >= 15 is 0 Å². The molecule has 4 unspecified atom stereocenters. The van der Waals surface area contributed by atoms with Crippen molar-refractivity contribution < 1.29 is 76.8 Å². The molecule has 6 atom stereocenters. The first-order valence-corrected chi connectivity index (χ1v) is 24.0. The minimum absolute atomic E-state index is 0.139. The Morgan fingerprint density at radius 3 is 1.30 bits per heavy atom. The van der Waals surface area contributed by atoms with Gasteiger partial charge in [0, 0.05) is 65.6 Å². The number of carboxylic acids is 2. The molecule has 2 amide bonds. The smallest absolute Gasteiger partial charge is 0.335 e. The van der Waals surface area contributed by atoms with E-state index < -0.39 is 24.1 Å². The summed E-state index contributed by atoms with van der Waals surface area (Å²) >= 11 is 12.2. The summed E-state index contributed by atoms with van der Waals surface area (Å²) in [7, 11) is 6.25. The van der Waals surface area contributed by atoms with Crippen molar-refractivity contribution in [2.45, 2.75) is 62.2 Å². The zero-order valence-electron chi connectivity index (χ0n) is 41.3. The van der Waals surface area contributed by atoms with Gasteiger partial charge in [-0.25, -0.2) is 18.4 Å². The second kappa shape index (κ2) is 30.2. The second-order valence-corrected chi connectivity index (χ2v) is 17.7. The first-order valence-electron chi connectivity index (χ1n) is 23.2. The summed E-state index contributed by atoms with van der Waals surface area (Å²) in [5.74, 6) is -2.61. The number of amides is 2. The lowest BCUT2D eigenvalue weighted by atomic mass is 10.0. The number of hydrogen-bond acceptors (Lipinski definition) is 16. The fourth-order valence-electron chi connectivity index (χ4n) is 7.79. The van der Waals surface area contributed by atoms with Gasteiger partial charge in [0.15, 0.2) is 12.2 Å². The van der Waals surface area contributed by atoms with Crippen molar-refractivity contribution in [3.8, 4) is 23.0 Å². The van der Waals surface area contributed by atoms with E-state index in [1.807, 2.05) is 0 Å². The molecule has 0 aromatic heterocycles. The number of methoxy groups -OCH3 is 4. The summed E-state index contributed by atoms with van der Waals surface area (Å²) < 4.78 is 59.1. The van der Waals surface area contributed by atoms with Gasteiger partial charge in [-0.1, -0.05) is 23.2 Å². The van der Waals surface area contributed by atoms with E-state index in [-0.39, 0.29) is 47.7 Å². The molecule has 0 radical (unpaired) electrons. The highest BCUT2D eigenvalue weighted by molar-refractivity contribution is 6.34. The maximum atomic E-state index is 12.9. The Balaban J connectivity index is 0.000000271. The molecule has 0 spiro atoms. The highest BCUT2D eigenvalue weighted by Crippen LogP contribution is 2.31. The molecule has 406 valence electrons. The lowest BCUT2D eigenvalue weighted by Crippen LogP contribution is -2.55. The van der Waals surface area contributed by atoms with Crippen LogP contribution in [0.5, 0.6) is 23.0 Å². The third-order valence-corrected chi connectivity index (χ3v) is 12.5. The second-order valence-electron chi connectivity index (χ2n) is 16.9. The summed E-state index contributed by atoms with van der Waals surface area (Å²) in [6.45, 7) is 5.78. The van der Waals surface area contributed by atoms with Gasteiger partial charge in [0.25, 0.3) is 11.8 Å². The molecule has 4 aromatic carbocycles. The number of aliphatic hydroxyl groups excluding tert-OH is 2. The molecule has 6 rings (SSSR count). The van der Waals surface area contributed by atoms with Crippen LogP contribution in [0.2, 0.25) is 10.0 Å². The van der Waals surface area contributed by atoms with Crippen LogP contribution >= 0.6 is 23.2 Å². The third kappa shape index (κ3) is 18.6. The molecule has 0 aliphatic carbocycles. The number of nitrogens with two attached hydrogens (primary N) is 2. The van der Waals surface area contributed by atoms with Crippen LogP contribution in [-0.4, -0.2) is 171 Å². The zero-order valence-corrected chi connectivity index (χ0v) is 42.8. The molecule has 2 fully saturated rings. The van der Waals surface area contributed by atoms with Crippen LogP contribution in [0.1, 0.15) is 46.4 Å². The topological polar surface area (TPSA) is 287 Å². The number of nitrogen functional groups attached to an aromatic ring is 2. The first kappa shape index (κ1) is 60.3. The fraction of sp³-hybridized carbons (Fsp3) is 0.440. The number of ether oxygens (including phenoxy) is 6. The van der Waals surface area contributed by atoms with Crippen molar-refractivity contribution in [2.75, 3.05) is 92.4 Å². The number of anilines is 2. The summed E-state index contributed by atoms with van der Waals surface area (Å²) in [5, 5.41) is 39.2. The number of piperidine rings is 2. The Morgan fingerprint density at radius 1 is 0.635 bits per heavy atom. The molecule has 24 heteroatoms. The maximum absolute atomic E-state index is 12.9. The van der Waals surface area contributed by atoms with Gasteiger partial charge in [-0.05, 0) is 86.3 Å². The summed E-state index contributed by atoms with van der Waals surface area (Å²) in [5.41, 5.74) is 13.0. The monoisotopic (exact) mass is 1080 g/mol. The number of carbonyl (C=O) groups is 4. The molecule has 0 bridgehead atoms. The minimum Gasteiger partial charge on any atom is -0.496 e. The molecule has 2 aliphatic heterocycles. The van der Waals surface area contributed by atoms with Gasteiger partial charge < -0.3 is 80.7 Å². The Labute approximate surface area is 437 Å². The Bertz CT molecular complexity index is 2280. The van der Waals surface area contributed by atoms with Gasteiger partial charge in [-0.15, -0.1) is 0 Å². The summed E-state index contributed by atoms with van der Waals surface area (Å²) in [6.07, 6.45) is -1.70. The molecule has 74 heavy (non-hydrogen) atoms. The van der Waals surface area contributed by atoms with E-state index in [2.05, 4.69) is 20.4 Å². The average molecular weight is 1080 g/mol. The molecule has 2 saturated heterocycles. The van der Waals surface area contributed by atoms with Crippen molar-refractivity contribution in [2.24, 2.45) is 0 Å². The molecule has 4 aromatic rings. The Morgan fingerprint density at radius 2 is 0.986 bits per heavy atom. The van der Waals surface area contributed by atoms with E-state index in [9.17, 15) is 28.0 Å². The number of benzene rings is 4. The molecule has 20 nitrogen and oxygen atoms in total. The quantitative estimate of drug-likeness (QED) is 0.0418. The van der Waals surface area contributed by atoms with Gasteiger partial charge in [-0.3, -0.25) is 9.59 Å². The van der Waals surface area contributed by atoms with E-state index in [0.29, 0.717) is 81.8 Å². The molecule has 2 heterocycles. The van der Waals surface area contributed by atoms with Crippen LogP contribution in [-0.2, 0) is 19.1 Å². The van der Waals surface area contributed by atoms with Crippen molar-refractivity contribution >= 4 is 58.3 Å². The van der Waals surface area contributed by atoms with E-state index in [1.54, 1.807) is 50.6 Å². The van der Waals surface area contributed by atoms with Gasteiger partial charge in [0.05, 0.1) is 84.3 Å². The van der Waals surface area contributed by atoms with Crippen LogP contribution in [0.15, 0.2) is 72.8 Å². The van der Waals surface area contributed by atoms with E-state index in [4.69, 9.17) is 83.5 Å². The standard InChI is InChI=1S/2C23H29ClFN3O4.C4H6O6/c2*1-30-21-13-19(26)18(24)12-17(21)23(29)27-20-8-10-28(14-22(20)31-2)9-3-11-32-16-6-4-15(25)5-7-16;5-1(3(7)8)2(6)4(9)10/h2*4-7,12-13,20,22H,3,8-11,14,26H2,1-2H3,(H,27,29);1-2,5-6H,(H,7,8)(H,9,10)/t2*20?,22-;/m11./s1. The highest BCUT2D eigenvalue weighted by atomic mass is 35.5. The summed E-state index contributed by atoms with van der Waals surface area (Å²) in [6, 6.07) is 17.8. The molecule has 2 aliphatic rings. The van der Waals surface area contributed by atoms with Gasteiger partial charge in [-0.2, -0.15) is 0 Å². The number of aliphatic hydroxyl groups is 2. The van der Waals surface area contributed by atoms with Crippen LogP contribution in [0, 0.1) is 11.6 Å². The van der Waals surface area contributed by atoms with Crippen molar-refractivity contribution in [1.82, 2.24) is 20.4 Å². The number of aliphatic carboxylic acids is 2. The minimum atomic E-state index is -2.27. The Kier molecular flexibility index (Phi) is 24.6. The Hall–Kier alpha value is -6.24. The van der Waals surface area contributed by atoms with E-state index in [1.165, 1.54) is 50.6 Å². The maximum Gasteiger partial charge on any atom is 0.335 e. The van der Waals surface area contributed by atoms with Gasteiger partial charge in [0.2, 0.25) is 0 Å². The summed E-state index contributed by atoms with van der Waals surface area (Å²) in [4.78, 5) is 49.8. The number of carboxylic acid groups (broad SMARTS) is 2. The number of nitrogens with zero attached hydrogens (tertiary/aromatic N) is 2. The highest BCUT2D eigenvalue weighted by Gasteiger charge is 2.33. The van der Waals surface area contributed by atoms with Crippen LogP contribution in [0.4, 0.5) is 20.2 Å². The van der Waals surface area contributed by atoms with Gasteiger partial charge in [0.1, 0.15) is 34.6 Å². The normalized spacial score (nSPS) is 18.5. The zero-order chi connectivity index (χ0) is 54.5. The van der Waals surface area contributed by atoms with Gasteiger partial charge >= 0.3 is 11.9 Å². The van der Waals surface area contributed by atoms with Crippen molar-refractivity contribution in [1.29, 1.82) is 0 Å². The van der Waals surface area contributed by atoms with Crippen LogP contribution in [0.25, 0.3) is 0 Å². The van der Waals surface area contributed by atoms with Crippen molar-refractivity contribution in [3.05, 3.63) is 106 Å². The molecular weight excluding hydrogens is 1020 g/mol. The number of likely N-dealkylation sites (tertiary alicyclic amines) is 2. The lowest BCUT2D eigenvalue weighted by Gasteiger charge is -2.38. The van der Waals surface area contributed by atoms with Crippen LogP contribution in [0.3, 0.4) is 0 Å². The SMILES string of the molecule is COc1cc(N)c(Cl)cc1C(=O)NC1CCN(CCCOc2ccc(F)cc2)C[C@H]1OC.COc1cc(N)c(Cl)cc1C(=O)NC1CCN(CCCOc2ccc(F)cc2)C[C@H]1OC.O=C(O)C(O)C(O)C(=O)O. The van der Waals surface area contributed by atoms with Crippen molar-refractivity contribution in [3.63, 3.8) is 0 Å². The van der Waals surface area contributed by atoms with E-state index in [0.717, 1.165) is 51.9 Å².